The van der Waals surface area contributed by atoms with Gasteiger partial charge in [0.2, 0.25) is 0 Å². The third-order valence-corrected chi connectivity index (χ3v) is 4.86. The number of hydrogen-bond acceptors (Lipinski definition) is 4. The third kappa shape index (κ3) is 8.23. The summed E-state index contributed by atoms with van der Waals surface area (Å²) in [4.78, 5) is 4.34. The highest BCUT2D eigenvalue weighted by Crippen LogP contribution is 2.48. The van der Waals surface area contributed by atoms with Crippen LogP contribution in [0, 0.1) is 12.3 Å². The molecule has 154 valence electrons. The number of guanidine groups is 1. The minimum absolute atomic E-state index is 0. The van der Waals surface area contributed by atoms with Crippen LogP contribution in [0.4, 0.5) is 0 Å². The topological polar surface area (TPSA) is 64.1 Å². The van der Waals surface area contributed by atoms with Crippen molar-refractivity contribution in [2.45, 2.75) is 32.7 Å². The largest absolute Gasteiger partial charge is 0.491 e. The standard InChI is InChI=1S/C20H33N3O3.HI/c1-16-5-6-17(18(13-16)26-12-11-25-4)14-22-19(21-2)23-15-20(7-8-20)9-10-24-3;/h5-6,13H,7-12,14-15H2,1-4H3,(H2,21,22,23);1H. The number of methoxy groups -OCH3 is 2. The average molecular weight is 491 g/mol. The van der Waals surface area contributed by atoms with Crippen molar-refractivity contribution in [3.05, 3.63) is 29.3 Å². The van der Waals surface area contributed by atoms with Crippen LogP contribution in [0.15, 0.2) is 23.2 Å². The summed E-state index contributed by atoms with van der Waals surface area (Å²) in [6.45, 7) is 5.60. The number of aryl methyl sites for hydroxylation is 1. The molecule has 2 N–H and O–H groups in total. The van der Waals surface area contributed by atoms with E-state index in [9.17, 15) is 0 Å². The van der Waals surface area contributed by atoms with Gasteiger partial charge < -0.3 is 24.8 Å². The molecule has 0 bridgehead atoms. The SMILES string of the molecule is CN=C(NCc1ccc(C)cc1OCCOC)NCC1(CCOC)CC1.I. The maximum atomic E-state index is 5.85. The fourth-order valence-electron chi connectivity index (χ4n) is 2.86. The molecule has 6 nitrogen and oxygen atoms in total. The van der Waals surface area contributed by atoms with Crippen LogP contribution >= 0.6 is 24.0 Å². The fourth-order valence-corrected chi connectivity index (χ4v) is 2.86. The molecule has 1 aromatic carbocycles. The molecule has 2 rings (SSSR count). The molecule has 1 aliphatic rings. The van der Waals surface area contributed by atoms with Gasteiger partial charge in [0, 0.05) is 46.5 Å². The Kier molecular flexibility index (Phi) is 11.0. The van der Waals surface area contributed by atoms with Crippen LogP contribution in [0.5, 0.6) is 5.75 Å². The third-order valence-electron chi connectivity index (χ3n) is 4.86. The number of hydrogen-bond donors (Lipinski definition) is 2. The molecule has 0 atom stereocenters. The highest BCUT2D eigenvalue weighted by molar-refractivity contribution is 14.0. The number of benzene rings is 1. The lowest BCUT2D eigenvalue weighted by molar-refractivity contribution is 0.145. The van der Waals surface area contributed by atoms with Gasteiger partial charge in [0.05, 0.1) is 6.61 Å². The van der Waals surface area contributed by atoms with Crippen molar-refractivity contribution in [1.29, 1.82) is 0 Å². The fraction of sp³-hybridized carbons (Fsp3) is 0.650. The number of aliphatic imine (C=N–C) groups is 1. The van der Waals surface area contributed by atoms with Gasteiger partial charge in [0.1, 0.15) is 12.4 Å². The Morgan fingerprint density at radius 1 is 1.11 bits per heavy atom. The van der Waals surface area contributed by atoms with Crippen LogP contribution in [0.25, 0.3) is 0 Å². The minimum atomic E-state index is 0. The number of nitrogens with zero attached hydrogens (tertiary/aromatic N) is 1. The van der Waals surface area contributed by atoms with Crippen LogP contribution in [0.1, 0.15) is 30.4 Å². The van der Waals surface area contributed by atoms with Crippen LogP contribution < -0.4 is 15.4 Å². The highest BCUT2D eigenvalue weighted by atomic mass is 127. The summed E-state index contributed by atoms with van der Waals surface area (Å²) >= 11 is 0. The molecule has 1 saturated carbocycles. The van der Waals surface area contributed by atoms with Crippen LogP contribution in [-0.2, 0) is 16.0 Å². The molecular weight excluding hydrogens is 457 g/mol. The van der Waals surface area contributed by atoms with E-state index < -0.39 is 0 Å². The molecule has 0 amide bonds. The lowest BCUT2D eigenvalue weighted by Crippen LogP contribution is -2.40. The summed E-state index contributed by atoms with van der Waals surface area (Å²) in [5, 5.41) is 6.85. The van der Waals surface area contributed by atoms with Crippen molar-refractivity contribution in [3.8, 4) is 5.75 Å². The molecule has 0 radical (unpaired) electrons. The number of halogens is 1. The van der Waals surface area contributed by atoms with E-state index in [-0.39, 0.29) is 24.0 Å². The number of ether oxygens (including phenoxy) is 3. The van der Waals surface area contributed by atoms with Gasteiger partial charge in [-0.25, -0.2) is 0 Å². The molecule has 0 aliphatic heterocycles. The van der Waals surface area contributed by atoms with Gasteiger partial charge in [0.15, 0.2) is 5.96 Å². The Labute approximate surface area is 180 Å². The summed E-state index contributed by atoms with van der Waals surface area (Å²) in [7, 11) is 5.24. The van der Waals surface area contributed by atoms with E-state index in [0.717, 1.165) is 36.8 Å². The molecule has 0 spiro atoms. The second-order valence-corrected chi connectivity index (χ2v) is 6.97. The summed E-state index contributed by atoms with van der Waals surface area (Å²) < 4.78 is 16.1. The zero-order valence-corrected chi connectivity index (χ0v) is 19.3. The maximum Gasteiger partial charge on any atom is 0.191 e. The minimum Gasteiger partial charge on any atom is -0.491 e. The number of nitrogens with one attached hydrogen (secondary N) is 2. The Bertz CT molecular complexity index is 592. The van der Waals surface area contributed by atoms with E-state index in [4.69, 9.17) is 14.2 Å². The molecule has 1 aromatic rings. The second-order valence-electron chi connectivity index (χ2n) is 6.97. The highest BCUT2D eigenvalue weighted by Gasteiger charge is 2.41. The van der Waals surface area contributed by atoms with E-state index in [2.05, 4.69) is 40.7 Å². The van der Waals surface area contributed by atoms with E-state index in [1.165, 1.54) is 18.4 Å². The Morgan fingerprint density at radius 3 is 2.48 bits per heavy atom. The van der Waals surface area contributed by atoms with Crippen molar-refractivity contribution in [2.24, 2.45) is 10.4 Å². The summed E-state index contributed by atoms with van der Waals surface area (Å²) in [5.74, 6) is 1.71. The van der Waals surface area contributed by atoms with Gasteiger partial charge in [-0.3, -0.25) is 4.99 Å². The van der Waals surface area contributed by atoms with E-state index >= 15 is 0 Å². The van der Waals surface area contributed by atoms with E-state index in [1.54, 1.807) is 21.3 Å². The lowest BCUT2D eigenvalue weighted by atomic mass is 10.0. The maximum absolute atomic E-state index is 5.85. The average Bonchev–Trinajstić information content (AvgIpc) is 3.42. The molecule has 0 unspecified atom stereocenters. The predicted octanol–water partition coefficient (Wildman–Crippen LogP) is 3.12. The van der Waals surface area contributed by atoms with E-state index in [1.807, 2.05) is 0 Å². The Hall–Kier alpha value is -1.06. The second kappa shape index (κ2) is 12.4. The van der Waals surface area contributed by atoms with Crippen LogP contribution in [0.3, 0.4) is 0 Å². The zero-order valence-electron chi connectivity index (χ0n) is 17.0. The van der Waals surface area contributed by atoms with Gasteiger partial charge in [-0.1, -0.05) is 12.1 Å². The summed E-state index contributed by atoms with van der Waals surface area (Å²) in [5.41, 5.74) is 2.67. The van der Waals surface area contributed by atoms with Crippen molar-refractivity contribution >= 4 is 29.9 Å². The van der Waals surface area contributed by atoms with Gasteiger partial charge in [0.25, 0.3) is 0 Å². The Morgan fingerprint density at radius 2 is 1.85 bits per heavy atom. The normalized spacial score (nSPS) is 15.0. The molecule has 0 aromatic heterocycles. The van der Waals surface area contributed by atoms with Gasteiger partial charge in [-0.2, -0.15) is 0 Å². The molecule has 7 heteroatoms. The monoisotopic (exact) mass is 491 g/mol. The first-order chi connectivity index (χ1) is 12.6. The molecule has 1 aliphatic carbocycles. The first-order valence-corrected chi connectivity index (χ1v) is 9.27. The van der Waals surface area contributed by atoms with Gasteiger partial charge >= 0.3 is 0 Å². The molecule has 27 heavy (non-hydrogen) atoms. The van der Waals surface area contributed by atoms with Crippen LogP contribution in [0.2, 0.25) is 0 Å². The number of rotatable bonds is 11. The quantitative estimate of drug-likeness (QED) is 0.216. The van der Waals surface area contributed by atoms with Gasteiger partial charge in [-0.05, 0) is 43.2 Å². The van der Waals surface area contributed by atoms with Gasteiger partial charge in [-0.15, -0.1) is 24.0 Å². The van der Waals surface area contributed by atoms with Crippen molar-refractivity contribution in [3.63, 3.8) is 0 Å². The first-order valence-electron chi connectivity index (χ1n) is 9.27. The first kappa shape index (κ1) is 24.0. The van der Waals surface area contributed by atoms with Crippen LogP contribution in [-0.4, -0.2) is 53.6 Å². The molecular formula is C20H34IN3O3. The Balaban J connectivity index is 0.00000364. The van der Waals surface area contributed by atoms with Crippen molar-refractivity contribution in [2.75, 3.05) is 47.6 Å². The van der Waals surface area contributed by atoms with Crippen molar-refractivity contribution in [1.82, 2.24) is 10.6 Å². The smallest absolute Gasteiger partial charge is 0.191 e. The van der Waals surface area contributed by atoms with Crippen molar-refractivity contribution < 1.29 is 14.2 Å². The molecule has 0 saturated heterocycles. The lowest BCUT2D eigenvalue weighted by Gasteiger charge is -2.19. The zero-order chi connectivity index (χ0) is 18.8. The molecule has 0 heterocycles. The van der Waals surface area contributed by atoms with E-state index in [0.29, 0.717) is 25.2 Å². The summed E-state index contributed by atoms with van der Waals surface area (Å²) in [6, 6.07) is 6.26. The molecule has 1 fully saturated rings. The predicted molar refractivity (Wildman–Crippen MR) is 120 cm³/mol. The summed E-state index contributed by atoms with van der Waals surface area (Å²) in [6.07, 6.45) is 3.62.